The lowest BCUT2D eigenvalue weighted by molar-refractivity contribution is 0.246. The molecule has 134 valence electrons. The van der Waals surface area contributed by atoms with Crippen LogP contribution in [0, 0.1) is 5.92 Å². The number of para-hydroxylation sites is 1. The third-order valence-electron chi connectivity index (χ3n) is 5.05. The van der Waals surface area contributed by atoms with E-state index in [0.29, 0.717) is 0 Å². The highest BCUT2D eigenvalue weighted by Gasteiger charge is 2.13. The van der Waals surface area contributed by atoms with E-state index in [1.165, 1.54) is 38.5 Å². The Labute approximate surface area is 151 Å². The molecule has 25 heavy (non-hydrogen) atoms. The molecule has 0 aliphatic heterocycles. The van der Waals surface area contributed by atoms with Crippen LogP contribution in [0.5, 0.6) is 11.5 Å². The van der Waals surface area contributed by atoms with Gasteiger partial charge in [-0.1, -0.05) is 50.3 Å². The average Bonchev–Trinajstić information content (AvgIpc) is 2.68. The molecule has 0 bridgehead atoms. The number of methoxy groups -OCH3 is 1. The first-order chi connectivity index (χ1) is 12.3. The van der Waals surface area contributed by atoms with Crippen molar-refractivity contribution in [3.8, 4) is 11.5 Å². The molecule has 0 atom stereocenters. The lowest BCUT2D eigenvalue weighted by Crippen LogP contribution is -2.10. The zero-order valence-electron chi connectivity index (χ0n) is 15.2. The number of hydrogen-bond donors (Lipinski definition) is 1. The summed E-state index contributed by atoms with van der Waals surface area (Å²) in [5, 5.41) is 3.44. The molecule has 1 N–H and O–H groups in total. The predicted octanol–water partition coefficient (Wildman–Crippen LogP) is 5.66. The first-order valence-corrected chi connectivity index (χ1v) is 9.44. The number of nitrogens with one attached hydrogen (secondary N) is 1. The molecule has 0 aromatic heterocycles. The van der Waals surface area contributed by atoms with Gasteiger partial charge in [0.25, 0.3) is 0 Å². The number of rotatable bonds is 8. The van der Waals surface area contributed by atoms with E-state index in [-0.39, 0.29) is 0 Å². The summed E-state index contributed by atoms with van der Waals surface area (Å²) in [5.41, 5.74) is 2.24. The van der Waals surface area contributed by atoms with Gasteiger partial charge in [-0.05, 0) is 42.7 Å². The van der Waals surface area contributed by atoms with Gasteiger partial charge in [-0.25, -0.2) is 0 Å². The van der Waals surface area contributed by atoms with E-state index in [0.717, 1.165) is 41.8 Å². The summed E-state index contributed by atoms with van der Waals surface area (Å²) >= 11 is 0. The molecule has 3 nitrogen and oxygen atoms in total. The average molecular weight is 339 g/mol. The fourth-order valence-corrected chi connectivity index (χ4v) is 3.53. The van der Waals surface area contributed by atoms with E-state index >= 15 is 0 Å². The molecule has 1 saturated carbocycles. The van der Waals surface area contributed by atoms with Crippen LogP contribution in [-0.4, -0.2) is 13.7 Å². The summed E-state index contributed by atoms with van der Waals surface area (Å²) < 4.78 is 11.3. The molecule has 2 aromatic carbocycles. The Morgan fingerprint density at radius 3 is 2.48 bits per heavy atom. The third kappa shape index (κ3) is 5.42. The standard InChI is InChI=1S/C22H29NO2/c1-24-22-10-6-5-9-19(22)17-23-20-11-13-21(14-12-20)25-16-15-18-7-3-2-4-8-18/h5-6,9-14,18,23H,2-4,7-8,15-17H2,1H3. The maximum Gasteiger partial charge on any atom is 0.123 e. The van der Waals surface area contributed by atoms with Crippen LogP contribution >= 0.6 is 0 Å². The quantitative estimate of drug-likeness (QED) is 0.673. The van der Waals surface area contributed by atoms with Crippen molar-refractivity contribution in [1.29, 1.82) is 0 Å². The Morgan fingerprint density at radius 2 is 1.72 bits per heavy atom. The Morgan fingerprint density at radius 1 is 0.960 bits per heavy atom. The summed E-state index contributed by atoms with van der Waals surface area (Å²) in [7, 11) is 1.71. The Balaban J connectivity index is 1.43. The molecule has 1 aliphatic rings. The van der Waals surface area contributed by atoms with Crippen LogP contribution in [0.1, 0.15) is 44.1 Å². The Bertz CT molecular complexity index is 633. The summed E-state index contributed by atoms with van der Waals surface area (Å²) in [4.78, 5) is 0. The third-order valence-corrected chi connectivity index (χ3v) is 5.05. The van der Waals surface area contributed by atoms with Gasteiger partial charge in [0.05, 0.1) is 13.7 Å². The van der Waals surface area contributed by atoms with E-state index < -0.39 is 0 Å². The van der Waals surface area contributed by atoms with E-state index in [2.05, 4.69) is 23.5 Å². The maximum absolute atomic E-state index is 5.92. The fourth-order valence-electron chi connectivity index (χ4n) is 3.53. The van der Waals surface area contributed by atoms with Gasteiger partial charge in [0.1, 0.15) is 11.5 Å². The lowest BCUT2D eigenvalue weighted by atomic mass is 9.87. The van der Waals surface area contributed by atoms with Crippen molar-refractivity contribution in [3.05, 3.63) is 54.1 Å². The molecule has 3 heteroatoms. The van der Waals surface area contributed by atoms with Crippen molar-refractivity contribution in [2.75, 3.05) is 19.0 Å². The Hall–Kier alpha value is -2.16. The first kappa shape index (κ1) is 17.7. The molecular formula is C22H29NO2. The van der Waals surface area contributed by atoms with Crippen molar-refractivity contribution in [3.63, 3.8) is 0 Å². The molecular weight excluding hydrogens is 310 g/mol. The van der Waals surface area contributed by atoms with Crippen molar-refractivity contribution >= 4 is 5.69 Å². The topological polar surface area (TPSA) is 30.5 Å². The van der Waals surface area contributed by atoms with Crippen molar-refractivity contribution < 1.29 is 9.47 Å². The normalized spacial score (nSPS) is 14.9. The number of anilines is 1. The van der Waals surface area contributed by atoms with Gasteiger partial charge < -0.3 is 14.8 Å². The van der Waals surface area contributed by atoms with Crippen LogP contribution in [0.15, 0.2) is 48.5 Å². The van der Waals surface area contributed by atoms with Gasteiger partial charge in [-0.15, -0.1) is 0 Å². The minimum atomic E-state index is 0.742. The minimum absolute atomic E-state index is 0.742. The van der Waals surface area contributed by atoms with Crippen LogP contribution < -0.4 is 14.8 Å². The molecule has 0 saturated heterocycles. The van der Waals surface area contributed by atoms with Crippen LogP contribution in [0.4, 0.5) is 5.69 Å². The van der Waals surface area contributed by atoms with Crippen molar-refractivity contribution in [2.45, 2.75) is 45.1 Å². The van der Waals surface area contributed by atoms with Gasteiger partial charge in [-0.2, -0.15) is 0 Å². The van der Waals surface area contributed by atoms with Crippen LogP contribution in [0.3, 0.4) is 0 Å². The molecule has 0 unspecified atom stereocenters. The zero-order chi connectivity index (χ0) is 17.3. The molecule has 0 spiro atoms. The summed E-state index contributed by atoms with van der Waals surface area (Å²) in [5.74, 6) is 2.74. The molecule has 0 radical (unpaired) electrons. The van der Waals surface area contributed by atoms with Gasteiger partial charge in [0, 0.05) is 17.8 Å². The summed E-state index contributed by atoms with van der Waals surface area (Å²) in [6.45, 7) is 1.57. The van der Waals surface area contributed by atoms with Gasteiger partial charge in [-0.3, -0.25) is 0 Å². The largest absolute Gasteiger partial charge is 0.496 e. The van der Waals surface area contributed by atoms with Gasteiger partial charge >= 0.3 is 0 Å². The second-order valence-corrected chi connectivity index (χ2v) is 6.83. The number of benzene rings is 2. The second kappa shape index (κ2) is 9.36. The fraction of sp³-hybridized carbons (Fsp3) is 0.455. The minimum Gasteiger partial charge on any atom is -0.496 e. The molecule has 1 fully saturated rings. The van der Waals surface area contributed by atoms with Gasteiger partial charge in [0.2, 0.25) is 0 Å². The van der Waals surface area contributed by atoms with E-state index in [4.69, 9.17) is 9.47 Å². The summed E-state index contributed by atoms with van der Waals surface area (Å²) in [6.07, 6.45) is 8.17. The SMILES string of the molecule is COc1ccccc1CNc1ccc(OCCC2CCCCC2)cc1. The number of hydrogen-bond acceptors (Lipinski definition) is 3. The first-order valence-electron chi connectivity index (χ1n) is 9.44. The highest BCUT2D eigenvalue weighted by molar-refractivity contribution is 5.47. The monoisotopic (exact) mass is 339 g/mol. The predicted molar refractivity (Wildman–Crippen MR) is 103 cm³/mol. The molecule has 2 aromatic rings. The van der Waals surface area contributed by atoms with Crippen molar-refractivity contribution in [1.82, 2.24) is 0 Å². The molecule has 3 rings (SSSR count). The second-order valence-electron chi connectivity index (χ2n) is 6.83. The highest BCUT2D eigenvalue weighted by Crippen LogP contribution is 2.26. The smallest absolute Gasteiger partial charge is 0.123 e. The maximum atomic E-state index is 5.92. The van der Waals surface area contributed by atoms with E-state index in [1.807, 2.05) is 30.3 Å². The zero-order valence-corrected chi connectivity index (χ0v) is 15.2. The lowest BCUT2D eigenvalue weighted by Gasteiger charge is -2.21. The Kier molecular flexibility index (Phi) is 6.61. The highest BCUT2D eigenvalue weighted by atomic mass is 16.5. The molecule has 1 aliphatic carbocycles. The van der Waals surface area contributed by atoms with Crippen molar-refractivity contribution in [2.24, 2.45) is 5.92 Å². The van der Waals surface area contributed by atoms with E-state index in [9.17, 15) is 0 Å². The van der Waals surface area contributed by atoms with Crippen LogP contribution in [0.25, 0.3) is 0 Å². The molecule has 0 heterocycles. The molecule has 0 amide bonds. The van der Waals surface area contributed by atoms with Gasteiger partial charge in [0.15, 0.2) is 0 Å². The van der Waals surface area contributed by atoms with Crippen LogP contribution in [-0.2, 0) is 6.54 Å². The summed E-state index contributed by atoms with van der Waals surface area (Å²) in [6, 6.07) is 16.3. The van der Waals surface area contributed by atoms with E-state index in [1.54, 1.807) is 7.11 Å². The number of ether oxygens (including phenoxy) is 2. The van der Waals surface area contributed by atoms with Crippen LogP contribution in [0.2, 0.25) is 0 Å².